The molecule has 0 bridgehead atoms. The van der Waals surface area contributed by atoms with Crippen LogP contribution in [0, 0.1) is 0 Å². The molecule has 0 unspecified atom stereocenters. The van der Waals surface area contributed by atoms with Gasteiger partial charge in [0, 0.05) is 25.2 Å². The van der Waals surface area contributed by atoms with E-state index in [9.17, 15) is 4.79 Å². The van der Waals surface area contributed by atoms with Crippen LogP contribution >= 0.6 is 0 Å². The zero-order chi connectivity index (χ0) is 20.3. The third-order valence-electron chi connectivity index (χ3n) is 5.81. The number of nitrogens with two attached hydrogens (primary N) is 1. The molecule has 4 rings (SSSR count). The predicted molar refractivity (Wildman–Crippen MR) is 116 cm³/mol. The van der Waals surface area contributed by atoms with Crippen molar-refractivity contribution in [2.24, 2.45) is 10.7 Å². The minimum absolute atomic E-state index is 0.117. The van der Waals surface area contributed by atoms with Gasteiger partial charge in [0.1, 0.15) is 5.69 Å². The van der Waals surface area contributed by atoms with Crippen molar-refractivity contribution in [3.63, 3.8) is 0 Å². The van der Waals surface area contributed by atoms with Gasteiger partial charge in [0.05, 0.1) is 43.6 Å². The highest BCUT2D eigenvalue weighted by molar-refractivity contribution is 6.20. The number of piperidine rings is 1. The second-order valence-corrected chi connectivity index (χ2v) is 8.19. The van der Waals surface area contributed by atoms with Gasteiger partial charge in [-0.05, 0) is 43.5 Å². The topological polar surface area (TPSA) is 84.8 Å². The summed E-state index contributed by atoms with van der Waals surface area (Å²) in [5, 5.41) is 8.13. The number of carbonyl (C=O) groups excluding carboxylic acids is 1. The van der Waals surface area contributed by atoms with Crippen LogP contribution in [0.5, 0.6) is 0 Å². The molecule has 3 N–H and O–H groups in total. The molecule has 2 aliphatic rings. The molecule has 7 nitrogen and oxygen atoms in total. The van der Waals surface area contributed by atoms with E-state index in [2.05, 4.69) is 17.5 Å². The number of quaternary nitrogens is 1. The van der Waals surface area contributed by atoms with E-state index in [1.165, 1.54) is 55.5 Å². The highest BCUT2D eigenvalue weighted by atomic mass is 16.1. The van der Waals surface area contributed by atoms with Crippen LogP contribution in [0.3, 0.4) is 0 Å². The van der Waals surface area contributed by atoms with E-state index >= 15 is 0 Å². The number of nitrogens with zero attached hydrogens (tertiary/aromatic N) is 4. The lowest BCUT2D eigenvalue weighted by molar-refractivity contribution is -0.914. The molecule has 0 radical (unpaired) electrons. The van der Waals surface area contributed by atoms with Crippen molar-refractivity contribution in [1.29, 1.82) is 0 Å². The second-order valence-electron chi connectivity index (χ2n) is 8.19. The summed E-state index contributed by atoms with van der Waals surface area (Å²) in [6.45, 7) is 4.58. The largest absolute Gasteiger partial charge is 0.397 e. The third-order valence-corrected chi connectivity index (χ3v) is 5.81. The van der Waals surface area contributed by atoms with Crippen LogP contribution in [0.4, 0.5) is 11.5 Å². The smallest absolute Gasteiger partial charge is 0.180 e. The van der Waals surface area contributed by atoms with Crippen molar-refractivity contribution < 1.29 is 9.28 Å². The number of likely N-dealkylation sites (tertiary alicyclic amines) is 1. The monoisotopic (exact) mass is 393 g/mol. The summed E-state index contributed by atoms with van der Waals surface area (Å²) in [4.78, 5) is 16.2. The maximum absolute atomic E-state index is 11.5. The maximum Gasteiger partial charge on any atom is 0.180 e. The van der Waals surface area contributed by atoms with Gasteiger partial charge in [-0.1, -0.05) is 6.07 Å². The number of nitrogens with one attached hydrogen (secondary N) is 1. The van der Waals surface area contributed by atoms with Crippen LogP contribution in [0.2, 0.25) is 0 Å². The van der Waals surface area contributed by atoms with E-state index in [0.717, 1.165) is 30.0 Å². The zero-order valence-corrected chi connectivity index (χ0v) is 17.0. The Morgan fingerprint density at radius 2 is 2.07 bits per heavy atom. The molecule has 1 aliphatic carbocycles. The zero-order valence-electron chi connectivity index (χ0n) is 17.0. The number of ketones is 1. The summed E-state index contributed by atoms with van der Waals surface area (Å²) in [7, 11) is 2.37. The molecule has 3 heterocycles. The fourth-order valence-electron chi connectivity index (χ4n) is 4.14. The number of fused-ring (bicyclic) bond motifs is 1. The summed E-state index contributed by atoms with van der Waals surface area (Å²) >= 11 is 0. The average Bonchev–Trinajstić information content (AvgIpc) is 3.05. The summed E-state index contributed by atoms with van der Waals surface area (Å²) in [6, 6.07) is 5.88. The van der Waals surface area contributed by atoms with Crippen LogP contribution in [0.15, 0.2) is 53.3 Å². The molecular weight excluding hydrogens is 364 g/mol. The maximum atomic E-state index is 11.5. The van der Waals surface area contributed by atoms with Crippen molar-refractivity contribution >= 4 is 28.5 Å². The van der Waals surface area contributed by atoms with Gasteiger partial charge in [-0.2, -0.15) is 0 Å². The quantitative estimate of drug-likeness (QED) is 0.449. The predicted octanol–water partition coefficient (Wildman–Crippen LogP) is 2.82. The third kappa shape index (κ3) is 4.40. The fraction of sp³-hybridized carbons (Fsp3) is 0.409. The Kier molecular flexibility index (Phi) is 5.49. The number of carbonyl (C=O) groups is 1. The molecule has 1 saturated heterocycles. The van der Waals surface area contributed by atoms with Crippen LogP contribution < -0.4 is 11.1 Å². The Balaban J connectivity index is 1.52. The normalized spacial score (nSPS) is 20.2. The average molecular weight is 394 g/mol. The van der Waals surface area contributed by atoms with Gasteiger partial charge in [-0.15, -0.1) is 5.10 Å². The van der Waals surface area contributed by atoms with Gasteiger partial charge < -0.3 is 15.5 Å². The highest BCUT2D eigenvalue weighted by Gasteiger charge is 2.24. The number of aromatic nitrogens is 2. The van der Waals surface area contributed by atoms with E-state index in [4.69, 9.17) is 10.7 Å². The standard InChI is InChI=1S/C22H28N6O/c1-28(13-5-2-6-14-28)15-7-11-24-22-21(20-8-3-4-12-27(20)26-22)25-19-10-9-17(29)16-18(19)23/h3-4,8-10,12,16H,2,5-7,11,13-15H2,1H3,(H2-,23,24,26,29)/p+1/b25-19+. The number of pyridine rings is 1. The van der Waals surface area contributed by atoms with Crippen molar-refractivity contribution in [1.82, 2.24) is 9.61 Å². The first-order valence-corrected chi connectivity index (χ1v) is 10.4. The van der Waals surface area contributed by atoms with Gasteiger partial charge in [0.15, 0.2) is 11.6 Å². The molecule has 1 fully saturated rings. The molecule has 29 heavy (non-hydrogen) atoms. The Hall–Kier alpha value is -2.93. The van der Waals surface area contributed by atoms with Crippen molar-refractivity contribution in [3.8, 4) is 0 Å². The highest BCUT2D eigenvalue weighted by Crippen LogP contribution is 2.30. The van der Waals surface area contributed by atoms with Gasteiger partial charge in [0.25, 0.3) is 0 Å². The van der Waals surface area contributed by atoms with Gasteiger partial charge in [-0.3, -0.25) is 4.79 Å². The number of aliphatic imine (C=N–C) groups is 1. The molecule has 152 valence electrons. The van der Waals surface area contributed by atoms with Crippen LogP contribution in [0.25, 0.3) is 5.52 Å². The Morgan fingerprint density at radius 3 is 2.86 bits per heavy atom. The Morgan fingerprint density at radius 1 is 1.24 bits per heavy atom. The van der Waals surface area contributed by atoms with E-state index < -0.39 is 0 Å². The molecule has 0 spiro atoms. The first kappa shape index (κ1) is 19.4. The van der Waals surface area contributed by atoms with E-state index in [0.29, 0.717) is 11.4 Å². The van der Waals surface area contributed by atoms with Gasteiger partial charge >= 0.3 is 0 Å². The first-order chi connectivity index (χ1) is 14.0. The molecule has 7 heteroatoms. The van der Waals surface area contributed by atoms with E-state index in [-0.39, 0.29) is 5.78 Å². The lowest BCUT2D eigenvalue weighted by atomic mass is 10.1. The Bertz CT molecular complexity index is 994. The summed E-state index contributed by atoms with van der Waals surface area (Å²) in [5.41, 5.74) is 8.61. The fourth-order valence-corrected chi connectivity index (χ4v) is 4.14. The summed E-state index contributed by atoms with van der Waals surface area (Å²) in [6.07, 6.45) is 11.6. The lowest BCUT2D eigenvalue weighted by Crippen LogP contribution is -2.48. The minimum atomic E-state index is -0.117. The van der Waals surface area contributed by atoms with Crippen molar-refractivity contribution in [2.45, 2.75) is 25.7 Å². The van der Waals surface area contributed by atoms with Crippen LogP contribution in [-0.2, 0) is 4.79 Å². The van der Waals surface area contributed by atoms with Crippen LogP contribution in [-0.4, -0.2) is 58.8 Å². The number of anilines is 1. The molecule has 1 aliphatic heterocycles. The van der Waals surface area contributed by atoms with E-state index in [1.54, 1.807) is 6.08 Å². The molecule has 0 saturated carbocycles. The SMILES string of the molecule is C[N+]1(CCCNc2nn3ccccc3c2/N=C2\C=CC(=O)C=C2N)CCCCC1. The first-order valence-electron chi connectivity index (χ1n) is 10.4. The number of hydrogen-bond donors (Lipinski definition) is 2. The summed E-state index contributed by atoms with van der Waals surface area (Å²) < 4.78 is 2.99. The summed E-state index contributed by atoms with van der Waals surface area (Å²) in [5.74, 6) is 0.622. The number of allylic oxidation sites excluding steroid dienone is 3. The number of hydrogen-bond acceptors (Lipinski definition) is 5. The van der Waals surface area contributed by atoms with Crippen molar-refractivity contribution in [2.75, 3.05) is 38.5 Å². The Labute approximate surface area is 171 Å². The van der Waals surface area contributed by atoms with Gasteiger partial charge in [-0.25, -0.2) is 9.51 Å². The minimum Gasteiger partial charge on any atom is -0.397 e. The molecule has 0 atom stereocenters. The van der Waals surface area contributed by atoms with Crippen molar-refractivity contribution in [3.05, 3.63) is 48.3 Å². The van der Waals surface area contributed by atoms with Crippen LogP contribution in [0.1, 0.15) is 25.7 Å². The second kappa shape index (κ2) is 8.21. The molecular formula is C22H29N6O+. The molecule has 0 amide bonds. The van der Waals surface area contributed by atoms with Gasteiger partial charge in [0.2, 0.25) is 0 Å². The lowest BCUT2D eigenvalue weighted by Gasteiger charge is -2.37. The van der Waals surface area contributed by atoms with E-state index in [1.807, 2.05) is 28.9 Å². The molecule has 2 aromatic heterocycles. The molecule has 2 aromatic rings. The molecule has 0 aromatic carbocycles. The number of rotatable bonds is 6.